The largest absolute Gasteiger partial charge is 0.342 e. The zero-order chi connectivity index (χ0) is 17.7. The highest BCUT2D eigenvalue weighted by Gasteiger charge is 2.27. The maximum absolute atomic E-state index is 13.0. The highest BCUT2D eigenvalue weighted by molar-refractivity contribution is 7.13. The molecule has 0 aliphatic carbocycles. The molecule has 0 saturated heterocycles. The maximum atomic E-state index is 13.0. The van der Waals surface area contributed by atoms with Crippen LogP contribution in [0.25, 0.3) is 21.6 Å². The van der Waals surface area contributed by atoms with E-state index in [9.17, 15) is 4.79 Å². The molecule has 0 spiro atoms. The number of rotatable bonds is 2. The molecule has 5 rings (SSSR count). The second-order valence-corrected chi connectivity index (χ2v) is 7.38. The number of thiazole rings is 1. The SMILES string of the molecule is Cn1c(-c2nc(C(=O)N3CCc4ccccc43)cs2)cc2ccccc21. The van der Waals surface area contributed by atoms with E-state index < -0.39 is 0 Å². The highest BCUT2D eigenvalue weighted by atomic mass is 32.1. The van der Waals surface area contributed by atoms with Crippen LogP contribution in [0, 0.1) is 0 Å². The first-order valence-electron chi connectivity index (χ1n) is 8.62. The Hall–Kier alpha value is -2.92. The molecule has 1 amide bonds. The summed E-state index contributed by atoms with van der Waals surface area (Å²) in [5.74, 6) is -0.0174. The van der Waals surface area contributed by atoms with Crippen LogP contribution >= 0.6 is 11.3 Å². The van der Waals surface area contributed by atoms with Crippen molar-refractivity contribution in [3.05, 3.63) is 71.2 Å². The van der Waals surface area contributed by atoms with Crippen LogP contribution < -0.4 is 4.90 Å². The number of aryl methyl sites for hydroxylation is 1. The minimum absolute atomic E-state index is 0.0174. The summed E-state index contributed by atoms with van der Waals surface area (Å²) in [5, 5.41) is 3.93. The number of aromatic nitrogens is 2. The summed E-state index contributed by atoms with van der Waals surface area (Å²) >= 11 is 1.52. The molecule has 1 aliphatic heterocycles. The minimum Gasteiger partial charge on any atom is -0.342 e. The van der Waals surface area contributed by atoms with Gasteiger partial charge >= 0.3 is 0 Å². The molecule has 5 heteroatoms. The Labute approximate surface area is 155 Å². The van der Waals surface area contributed by atoms with Gasteiger partial charge in [0.2, 0.25) is 0 Å². The summed E-state index contributed by atoms with van der Waals surface area (Å²) in [6.45, 7) is 0.721. The lowest BCUT2D eigenvalue weighted by atomic mass is 10.2. The van der Waals surface area contributed by atoms with Crippen molar-refractivity contribution in [2.45, 2.75) is 6.42 Å². The lowest BCUT2D eigenvalue weighted by Gasteiger charge is -2.15. The molecule has 2 aromatic heterocycles. The molecule has 3 heterocycles. The fourth-order valence-electron chi connectivity index (χ4n) is 3.67. The van der Waals surface area contributed by atoms with Crippen LogP contribution in [0.5, 0.6) is 0 Å². The van der Waals surface area contributed by atoms with Crippen molar-refractivity contribution in [3.8, 4) is 10.7 Å². The number of carbonyl (C=O) groups excluding carboxylic acids is 1. The maximum Gasteiger partial charge on any atom is 0.277 e. The van der Waals surface area contributed by atoms with Crippen molar-refractivity contribution < 1.29 is 4.79 Å². The number of hydrogen-bond donors (Lipinski definition) is 0. The van der Waals surface area contributed by atoms with Gasteiger partial charge in [0.15, 0.2) is 0 Å². The van der Waals surface area contributed by atoms with Crippen LogP contribution in [0.15, 0.2) is 60.0 Å². The van der Waals surface area contributed by atoms with Gasteiger partial charge in [0.1, 0.15) is 10.7 Å². The quantitative estimate of drug-likeness (QED) is 0.528. The lowest BCUT2D eigenvalue weighted by Crippen LogP contribution is -2.29. The normalized spacial score (nSPS) is 13.3. The molecule has 0 N–H and O–H groups in total. The average molecular weight is 359 g/mol. The Morgan fingerprint density at radius 3 is 2.81 bits per heavy atom. The number of nitrogens with zero attached hydrogens (tertiary/aromatic N) is 3. The summed E-state index contributed by atoms with van der Waals surface area (Å²) in [4.78, 5) is 19.5. The number of benzene rings is 2. The molecule has 26 heavy (non-hydrogen) atoms. The third-order valence-electron chi connectivity index (χ3n) is 5.03. The van der Waals surface area contributed by atoms with Gasteiger partial charge in [-0.25, -0.2) is 4.98 Å². The van der Waals surface area contributed by atoms with Gasteiger partial charge in [-0.3, -0.25) is 4.79 Å². The number of anilines is 1. The predicted octanol–water partition coefficient (Wildman–Crippen LogP) is 4.50. The van der Waals surface area contributed by atoms with E-state index in [1.54, 1.807) is 0 Å². The molecule has 4 aromatic rings. The molecule has 2 aromatic carbocycles. The van der Waals surface area contributed by atoms with Gasteiger partial charge in [-0.05, 0) is 30.2 Å². The van der Waals surface area contributed by atoms with Crippen LogP contribution in [0.3, 0.4) is 0 Å². The molecule has 0 fully saturated rings. The average Bonchev–Trinajstić information content (AvgIpc) is 3.38. The number of carbonyl (C=O) groups is 1. The van der Waals surface area contributed by atoms with Gasteiger partial charge in [0.05, 0.1) is 5.69 Å². The molecule has 0 bridgehead atoms. The van der Waals surface area contributed by atoms with Crippen LogP contribution in [-0.4, -0.2) is 22.0 Å². The molecule has 0 unspecified atom stereocenters. The second-order valence-electron chi connectivity index (χ2n) is 6.52. The van der Waals surface area contributed by atoms with E-state index in [1.807, 2.05) is 47.7 Å². The lowest BCUT2D eigenvalue weighted by molar-refractivity contribution is 0.0985. The van der Waals surface area contributed by atoms with E-state index in [0.717, 1.165) is 29.4 Å². The van der Waals surface area contributed by atoms with Gasteiger partial charge in [0.25, 0.3) is 5.91 Å². The Morgan fingerprint density at radius 1 is 1.12 bits per heavy atom. The monoisotopic (exact) mass is 359 g/mol. The third kappa shape index (κ3) is 2.28. The summed E-state index contributed by atoms with van der Waals surface area (Å²) in [7, 11) is 2.04. The molecule has 128 valence electrons. The van der Waals surface area contributed by atoms with Crippen LogP contribution in [0.4, 0.5) is 5.69 Å². The summed E-state index contributed by atoms with van der Waals surface area (Å²) < 4.78 is 2.13. The summed E-state index contributed by atoms with van der Waals surface area (Å²) in [6, 6.07) is 18.5. The fraction of sp³-hybridized carbons (Fsp3) is 0.143. The van der Waals surface area contributed by atoms with Crippen LogP contribution in [-0.2, 0) is 13.5 Å². The van der Waals surface area contributed by atoms with E-state index in [4.69, 9.17) is 0 Å². The Balaban J connectivity index is 1.50. The van der Waals surface area contributed by atoms with Crippen molar-refractivity contribution in [2.75, 3.05) is 11.4 Å². The van der Waals surface area contributed by atoms with Crippen LogP contribution in [0.2, 0.25) is 0 Å². The van der Waals surface area contributed by atoms with Gasteiger partial charge in [-0.1, -0.05) is 36.4 Å². The number of fused-ring (bicyclic) bond motifs is 2. The first-order valence-corrected chi connectivity index (χ1v) is 9.50. The molecular weight excluding hydrogens is 342 g/mol. The smallest absolute Gasteiger partial charge is 0.277 e. The van der Waals surface area contributed by atoms with E-state index in [1.165, 1.54) is 27.8 Å². The number of hydrogen-bond acceptors (Lipinski definition) is 3. The molecular formula is C21H17N3OS. The molecule has 0 saturated carbocycles. The molecule has 4 nitrogen and oxygen atoms in total. The Morgan fingerprint density at radius 2 is 1.92 bits per heavy atom. The van der Waals surface area contributed by atoms with Crippen molar-refractivity contribution in [3.63, 3.8) is 0 Å². The van der Waals surface area contributed by atoms with Gasteiger partial charge in [0, 0.05) is 35.6 Å². The Kier molecular flexibility index (Phi) is 3.43. The van der Waals surface area contributed by atoms with E-state index in [-0.39, 0.29) is 5.91 Å². The summed E-state index contributed by atoms with van der Waals surface area (Å²) in [5.41, 5.74) is 4.96. The minimum atomic E-state index is -0.0174. The third-order valence-corrected chi connectivity index (χ3v) is 5.89. The van der Waals surface area contributed by atoms with Gasteiger partial charge in [-0.2, -0.15) is 0 Å². The summed E-state index contributed by atoms with van der Waals surface area (Å²) in [6.07, 6.45) is 0.905. The molecule has 0 radical (unpaired) electrons. The van der Waals surface area contributed by atoms with Crippen molar-refractivity contribution in [1.29, 1.82) is 0 Å². The van der Waals surface area contributed by atoms with Crippen LogP contribution in [0.1, 0.15) is 16.1 Å². The second kappa shape index (κ2) is 5.81. The number of para-hydroxylation sites is 2. The topological polar surface area (TPSA) is 38.1 Å². The van der Waals surface area contributed by atoms with Gasteiger partial charge < -0.3 is 9.47 Å². The van der Waals surface area contributed by atoms with Crippen molar-refractivity contribution in [1.82, 2.24) is 9.55 Å². The number of amides is 1. The van der Waals surface area contributed by atoms with Crippen molar-refractivity contribution >= 4 is 33.8 Å². The standard InChI is InChI=1S/C21H17N3OS/c1-23-17-8-4-3-7-15(17)12-19(23)20-22-16(13-26-20)21(25)24-11-10-14-6-2-5-9-18(14)24/h2-9,12-13H,10-11H2,1H3. The first-order chi connectivity index (χ1) is 12.7. The zero-order valence-corrected chi connectivity index (χ0v) is 15.2. The fourth-order valence-corrected chi connectivity index (χ4v) is 4.52. The zero-order valence-electron chi connectivity index (χ0n) is 14.3. The first kappa shape index (κ1) is 15.3. The van der Waals surface area contributed by atoms with Gasteiger partial charge in [-0.15, -0.1) is 11.3 Å². The van der Waals surface area contributed by atoms with E-state index in [2.05, 4.69) is 33.8 Å². The molecule has 1 aliphatic rings. The highest BCUT2D eigenvalue weighted by Crippen LogP contribution is 2.32. The Bertz CT molecular complexity index is 1140. The van der Waals surface area contributed by atoms with E-state index in [0.29, 0.717) is 5.69 Å². The predicted molar refractivity (Wildman–Crippen MR) is 106 cm³/mol. The molecule has 0 atom stereocenters. The van der Waals surface area contributed by atoms with Crippen molar-refractivity contribution in [2.24, 2.45) is 7.05 Å². The van der Waals surface area contributed by atoms with E-state index >= 15 is 0 Å².